The van der Waals surface area contributed by atoms with Crippen LogP contribution in [0.25, 0.3) is 11.3 Å². The van der Waals surface area contributed by atoms with E-state index in [4.69, 9.17) is 20.4 Å². The maximum Gasteiger partial charge on any atom is 0.228 e. The van der Waals surface area contributed by atoms with Crippen molar-refractivity contribution in [3.63, 3.8) is 0 Å². The van der Waals surface area contributed by atoms with Crippen molar-refractivity contribution in [2.75, 3.05) is 61.5 Å². The number of rotatable bonds is 4. The lowest BCUT2D eigenvalue weighted by Gasteiger charge is -2.39. The first-order valence-corrected chi connectivity index (χ1v) is 10.5. The summed E-state index contributed by atoms with van der Waals surface area (Å²) in [5.74, 6) is 2.11. The van der Waals surface area contributed by atoms with Crippen molar-refractivity contribution in [3.8, 4) is 11.3 Å². The Morgan fingerprint density at radius 3 is 2.60 bits per heavy atom. The van der Waals surface area contributed by atoms with Gasteiger partial charge in [-0.15, -0.1) is 12.4 Å². The molecular formula is C20H29ClN8O. The van der Waals surface area contributed by atoms with E-state index in [1.807, 2.05) is 0 Å². The fourth-order valence-corrected chi connectivity index (χ4v) is 4.76. The number of aromatic nitrogens is 4. The molecule has 3 aliphatic heterocycles. The maximum atomic E-state index is 5.71. The van der Waals surface area contributed by atoms with Gasteiger partial charge in [0.2, 0.25) is 11.9 Å². The van der Waals surface area contributed by atoms with Crippen molar-refractivity contribution in [3.05, 3.63) is 18.0 Å². The second-order valence-corrected chi connectivity index (χ2v) is 8.01. The summed E-state index contributed by atoms with van der Waals surface area (Å²) in [6, 6.07) is 0. The lowest BCUT2D eigenvalue weighted by atomic mass is 9.93. The quantitative estimate of drug-likeness (QED) is 0.738. The summed E-state index contributed by atoms with van der Waals surface area (Å²) in [6.07, 6.45) is 6.70. The normalized spacial score (nSPS) is 23.4. The molecule has 5 heterocycles. The summed E-state index contributed by atoms with van der Waals surface area (Å²) < 4.78 is 5.53. The van der Waals surface area contributed by atoms with Crippen molar-refractivity contribution in [2.45, 2.75) is 31.7 Å². The molecule has 0 saturated carbocycles. The van der Waals surface area contributed by atoms with E-state index in [1.165, 1.54) is 5.56 Å². The Kier molecular flexibility index (Phi) is 5.95. The van der Waals surface area contributed by atoms with Crippen molar-refractivity contribution in [1.82, 2.24) is 25.3 Å². The highest BCUT2D eigenvalue weighted by Gasteiger charge is 2.43. The molecule has 0 aromatic carbocycles. The van der Waals surface area contributed by atoms with Gasteiger partial charge in [-0.1, -0.05) is 6.92 Å². The van der Waals surface area contributed by atoms with Gasteiger partial charge in [0, 0.05) is 49.7 Å². The van der Waals surface area contributed by atoms with Gasteiger partial charge >= 0.3 is 0 Å². The monoisotopic (exact) mass is 432 g/mol. The van der Waals surface area contributed by atoms with Crippen LogP contribution in [0.4, 0.5) is 17.7 Å². The van der Waals surface area contributed by atoms with Crippen molar-refractivity contribution < 1.29 is 4.74 Å². The standard InChI is InChI=1S/C20H28N8O.ClH/c1-2-20(4-5-22-13-20)28-6-3-15-16(14-11-23-18(21)24-12-14)25-19(26-17(15)28)27-7-9-29-10-8-27;/h11-12,22H,2-10,13H2,1H3,(H2,21,23,24);1H/t20-;/m0./s1. The lowest BCUT2D eigenvalue weighted by molar-refractivity contribution is 0.122. The Labute approximate surface area is 182 Å². The van der Waals surface area contributed by atoms with Gasteiger partial charge in [-0.05, 0) is 25.8 Å². The van der Waals surface area contributed by atoms with Gasteiger partial charge in [-0.25, -0.2) is 15.0 Å². The van der Waals surface area contributed by atoms with Crippen LogP contribution < -0.4 is 20.9 Å². The van der Waals surface area contributed by atoms with E-state index in [0.29, 0.717) is 13.2 Å². The Hall–Kier alpha value is -2.23. The first-order valence-electron chi connectivity index (χ1n) is 10.5. The first kappa shape index (κ1) is 21.0. The van der Waals surface area contributed by atoms with Crippen molar-refractivity contribution in [2.24, 2.45) is 0 Å². The number of ether oxygens (including phenoxy) is 1. The lowest BCUT2D eigenvalue weighted by Crippen LogP contribution is -2.50. The number of nitrogen functional groups attached to an aromatic ring is 1. The van der Waals surface area contributed by atoms with Crippen LogP contribution in [0.15, 0.2) is 12.4 Å². The predicted molar refractivity (Wildman–Crippen MR) is 119 cm³/mol. The maximum absolute atomic E-state index is 5.71. The van der Waals surface area contributed by atoms with Crippen LogP contribution in [-0.2, 0) is 11.2 Å². The molecule has 0 amide bonds. The largest absolute Gasteiger partial charge is 0.378 e. The molecule has 5 rings (SSSR count). The fraction of sp³-hybridized carbons (Fsp3) is 0.600. The molecule has 1 atom stereocenters. The summed E-state index contributed by atoms with van der Waals surface area (Å²) >= 11 is 0. The van der Waals surface area contributed by atoms with Crippen LogP contribution in [0.5, 0.6) is 0 Å². The number of halogens is 1. The summed E-state index contributed by atoms with van der Waals surface area (Å²) in [5, 5.41) is 3.56. The van der Waals surface area contributed by atoms with Gasteiger partial charge in [-0.2, -0.15) is 4.98 Å². The zero-order chi connectivity index (χ0) is 19.8. The zero-order valence-corrected chi connectivity index (χ0v) is 18.1. The molecule has 162 valence electrons. The first-order chi connectivity index (χ1) is 14.2. The van der Waals surface area contributed by atoms with Gasteiger partial charge in [-0.3, -0.25) is 0 Å². The van der Waals surface area contributed by atoms with E-state index >= 15 is 0 Å². The third-order valence-electron chi connectivity index (χ3n) is 6.51. The van der Waals surface area contributed by atoms with Gasteiger partial charge < -0.3 is 25.6 Å². The van der Waals surface area contributed by atoms with Crippen LogP contribution >= 0.6 is 12.4 Å². The van der Waals surface area contributed by atoms with E-state index in [0.717, 1.165) is 75.0 Å². The van der Waals surface area contributed by atoms with Crippen LogP contribution in [-0.4, -0.2) is 71.4 Å². The topological polar surface area (TPSA) is 105 Å². The van der Waals surface area contributed by atoms with E-state index in [-0.39, 0.29) is 23.9 Å². The Morgan fingerprint density at radius 1 is 1.17 bits per heavy atom. The molecule has 3 N–H and O–H groups in total. The minimum atomic E-state index is 0. The minimum Gasteiger partial charge on any atom is -0.378 e. The molecule has 0 radical (unpaired) electrons. The number of morpholine rings is 1. The molecule has 0 unspecified atom stereocenters. The molecule has 2 aromatic rings. The molecule has 0 bridgehead atoms. The molecule has 0 aliphatic carbocycles. The van der Waals surface area contributed by atoms with Gasteiger partial charge in [0.05, 0.1) is 24.4 Å². The van der Waals surface area contributed by atoms with Crippen LogP contribution in [0.1, 0.15) is 25.3 Å². The van der Waals surface area contributed by atoms with Gasteiger partial charge in [0.1, 0.15) is 5.82 Å². The number of nitrogens with zero attached hydrogens (tertiary/aromatic N) is 6. The fourth-order valence-electron chi connectivity index (χ4n) is 4.76. The smallest absolute Gasteiger partial charge is 0.228 e. The molecule has 3 aliphatic rings. The third-order valence-corrected chi connectivity index (χ3v) is 6.51. The average Bonchev–Trinajstić information content (AvgIpc) is 3.42. The highest BCUT2D eigenvalue weighted by atomic mass is 35.5. The van der Waals surface area contributed by atoms with Crippen molar-refractivity contribution in [1.29, 1.82) is 0 Å². The summed E-state index contributed by atoms with van der Waals surface area (Å²) in [5.41, 5.74) is 8.84. The molecule has 2 aromatic heterocycles. The summed E-state index contributed by atoms with van der Waals surface area (Å²) in [6.45, 7) is 8.31. The number of hydrogen-bond donors (Lipinski definition) is 2. The van der Waals surface area contributed by atoms with E-state index in [9.17, 15) is 0 Å². The Balaban J connectivity index is 0.00000218. The highest BCUT2D eigenvalue weighted by Crippen LogP contribution is 2.41. The molecular weight excluding hydrogens is 404 g/mol. The second kappa shape index (κ2) is 8.49. The minimum absolute atomic E-state index is 0. The van der Waals surface area contributed by atoms with Crippen LogP contribution in [0, 0.1) is 0 Å². The number of anilines is 3. The van der Waals surface area contributed by atoms with Crippen LogP contribution in [0.3, 0.4) is 0 Å². The van der Waals surface area contributed by atoms with Crippen LogP contribution in [0.2, 0.25) is 0 Å². The Morgan fingerprint density at radius 2 is 1.93 bits per heavy atom. The third kappa shape index (κ3) is 3.55. The summed E-state index contributed by atoms with van der Waals surface area (Å²) in [4.78, 5) is 23.2. The van der Waals surface area contributed by atoms with Gasteiger partial charge in [0.25, 0.3) is 0 Å². The molecule has 2 fully saturated rings. The number of fused-ring (bicyclic) bond motifs is 1. The van der Waals surface area contributed by atoms with Crippen molar-refractivity contribution >= 4 is 30.1 Å². The zero-order valence-electron chi connectivity index (χ0n) is 17.3. The average molecular weight is 433 g/mol. The number of nitrogens with one attached hydrogen (secondary N) is 1. The molecule has 2 saturated heterocycles. The Bertz CT molecular complexity index is 881. The predicted octanol–water partition coefficient (Wildman–Crippen LogP) is 1.28. The molecule has 10 heteroatoms. The number of hydrogen-bond acceptors (Lipinski definition) is 9. The molecule has 30 heavy (non-hydrogen) atoms. The van der Waals surface area contributed by atoms with E-state index in [1.54, 1.807) is 12.4 Å². The van der Waals surface area contributed by atoms with E-state index in [2.05, 4.69) is 32.0 Å². The second-order valence-electron chi connectivity index (χ2n) is 8.01. The SMILES string of the molecule is CC[C@]1(N2CCc3c(-c4cnc(N)nc4)nc(N4CCOCC4)nc32)CCNC1.Cl. The van der Waals surface area contributed by atoms with E-state index < -0.39 is 0 Å². The highest BCUT2D eigenvalue weighted by molar-refractivity contribution is 5.85. The van der Waals surface area contributed by atoms with Gasteiger partial charge in [0.15, 0.2) is 0 Å². The number of nitrogens with two attached hydrogens (primary N) is 1. The molecule has 0 spiro atoms. The summed E-state index contributed by atoms with van der Waals surface area (Å²) in [7, 11) is 0. The molecule has 9 nitrogen and oxygen atoms in total.